The Balaban J connectivity index is 2.20. The number of aliphatic hydroxyl groups excluding tert-OH is 1. The molecule has 2 N–H and O–H groups in total. The molecule has 7 heteroatoms. The Morgan fingerprint density at radius 1 is 1.47 bits per heavy atom. The van der Waals surface area contributed by atoms with Crippen LogP contribution in [0.25, 0.3) is 0 Å². The van der Waals surface area contributed by atoms with E-state index >= 15 is 0 Å². The minimum Gasteiger partial charge on any atom is -0.458 e. The SMILES string of the molecule is O=COC(Cc1[nH]ncc1CO)c1ccc(Cl)cn1. The lowest BCUT2D eigenvalue weighted by atomic mass is 10.1. The minimum absolute atomic E-state index is 0.131. The fourth-order valence-electron chi connectivity index (χ4n) is 1.70. The van der Waals surface area contributed by atoms with E-state index in [1.54, 1.807) is 12.1 Å². The molecule has 6 nitrogen and oxygen atoms in total. The molecule has 0 aliphatic rings. The highest BCUT2D eigenvalue weighted by Crippen LogP contribution is 2.22. The van der Waals surface area contributed by atoms with Crippen molar-refractivity contribution >= 4 is 18.1 Å². The van der Waals surface area contributed by atoms with Gasteiger partial charge in [-0.15, -0.1) is 0 Å². The first-order valence-corrected chi connectivity index (χ1v) is 5.95. The Morgan fingerprint density at radius 3 is 2.95 bits per heavy atom. The van der Waals surface area contributed by atoms with Gasteiger partial charge in [0.2, 0.25) is 0 Å². The zero-order chi connectivity index (χ0) is 13.7. The number of carbonyl (C=O) groups is 1. The summed E-state index contributed by atoms with van der Waals surface area (Å²) >= 11 is 5.76. The van der Waals surface area contributed by atoms with Gasteiger partial charge in [0.1, 0.15) is 6.10 Å². The van der Waals surface area contributed by atoms with Crippen molar-refractivity contribution in [3.8, 4) is 0 Å². The molecule has 19 heavy (non-hydrogen) atoms. The molecule has 2 heterocycles. The summed E-state index contributed by atoms with van der Waals surface area (Å²) in [5.74, 6) is 0. The fraction of sp³-hybridized carbons (Fsp3) is 0.250. The molecule has 0 aliphatic heterocycles. The molecule has 0 radical (unpaired) electrons. The molecule has 0 saturated heterocycles. The lowest BCUT2D eigenvalue weighted by Crippen LogP contribution is -2.10. The predicted octanol–water partition coefficient (Wildman–Crippen LogP) is 1.41. The summed E-state index contributed by atoms with van der Waals surface area (Å²) in [4.78, 5) is 14.7. The molecule has 1 atom stereocenters. The maximum atomic E-state index is 10.6. The zero-order valence-electron chi connectivity index (χ0n) is 9.91. The highest BCUT2D eigenvalue weighted by Gasteiger charge is 2.17. The molecule has 0 fully saturated rings. The van der Waals surface area contributed by atoms with Crippen molar-refractivity contribution in [2.75, 3.05) is 0 Å². The van der Waals surface area contributed by atoms with Gasteiger partial charge in [0.15, 0.2) is 0 Å². The largest absolute Gasteiger partial charge is 0.458 e. The highest BCUT2D eigenvalue weighted by molar-refractivity contribution is 6.30. The van der Waals surface area contributed by atoms with Crippen LogP contribution in [0, 0.1) is 0 Å². The van der Waals surface area contributed by atoms with Crippen molar-refractivity contribution in [1.29, 1.82) is 0 Å². The smallest absolute Gasteiger partial charge is 0.293 e. The molecule has 1 unspecified atom stereocenters. The molecule has 0 saturated carbocycles. The van der Waals surface area contributed by atoms with Crippen LogP contribution in [0.5, 0.6) is 0 Å². The number of hydrogen-bond acceptors (Lipinski definition) is 5. The second-order valence-corrected chi connectivity index (χ2v) is 4.29. The minimum atomic E-state index is -0.555. The molecular weight excluding hydrogens is 270 g/mol. The number of aliphatic hydroxyl groups is 1. The topological polar surface area (TPSA) is 88.1 Å². The predicted molar refractivity (Wildman–Crippen MR) is 67.4 cm³/mol. The number of H-pyrrole nitrogens is 1. The third-order valence-electron chi connectivity index (χ3n) is 2.67. The first kappa shape index (κ1) is 13.5. The highest BCUT2D eigenvalue weighted by atomic mass is 35.5. The van der Waals surface area contributed by atoms with Crippen molar-refractivity contribution in [3.05, 3.63) is 46.5 Å². The van der Waals surface area contributed by atoms with Gasteiger partial charge in [0.25, 0.3) is 6.47 Å². The number of aromatic nitrogens is 3. The van der Waals surface area contributed by atoms with Crippen LogP contribution >= 0.6 is 11.6 Å². The molecule has 2 aromatic heterocycles. The van der Waals surface area contributed by atoms with Gasteiger partial charge in [0, 0.05) is 23.9 Å². The Hall–Kier alpha value is -1.92. The number of nitrogens with one attached hydrogen (secondary N) is 1. The third kappa shape index (κ3) is 3.30. The Morgan fingerprint density at radius 2 is 2.32 bits per heavy atom. The molecule has 0 bridgehead atoms. The average Bonchev–Trinajstić information content (AvgIpc) is 2.86. The number of halogens is 1. The van der Waals surface area contributed by atoms with Crippen molar-refractivity contribution in [3.63, 3.8) is 0 Å². The Bertz CT molecular complexity index is 541. The number of nitrogens with zero attached hydrogens (tertiary/aromatic N) is 2. The van der Waals surface area contributed by atoms with Crippen LogP contribution in [0.15, 0.2) is 24.5 Å². The first-order valence-electron chi connectivity index (χ1n) is 5.57. The number of rotatable bonds is 6. The van der Waals surface area contributed by atoms with Crippen LogP contribution in [0.3, 0.4) is 0 Å². The van der Waals surface area contributed by atoms with Crippen molar-refractivity contribution in [2.24, 2.45) is 0 Å². The van der Waals surface area contributed by atoms with E-state index in [2.05, 4.69) is 15.2 Å². The zero-order valence-corrected chi connectivity index (χ0v) is 10.7. The first-order chi connectivity index (χ1) is 9.24. The lowest BCUT2D eigenvalue weighted by molar-refractivity contribution is -0.134. The summed E-state index contributed by atoms with van der Waals surface area (Å²) in [6.07, 6.45) is 2.81. The molecular formula is C12H12ClN3O3. The summed E-state index contributed by atoms with van der Waals surface area (Å²) in [6, 6.07) is 3.36. The Labute approximate surface area is 114 Å². The number of pyridine rings is 1. The van der Waals surface area contributed by atoms with Gasteiger partial charge in [0.05, 0.1) is 23.5 Å². The van der Waals surface area contributed by atoms with Gasteiger partial charge in [-0.05, 0) is 12.1 Å². The normalized spacial score (nSPS) is 12.1. The number of aromatic amines is 1. The number of carbonyl (C=O) groups excluding carboxylic acids is 1. The maximum absolute atomic E-state index is 10.6. The maximum Gasteiger partial charge on any atom is 0.293 e. The molecule has 100 valence electrons. The van der Waals surface area contributed by atoms with Crippen molar-refractivity contribution in [1.82, 2.24) is 15.2 Å². The summed E-state index contributed by atoms with van der Waals surface area (Å²) in [5, 5.41) is 16.3. The van der Waals surface area contributed by atoms with Gasteiger partial charge in [-0.3, -0.25) is 14.9 Å². The van der Waals surface area contributed by atoms with Crippen LogP contribution in [0.1, 0.15) is 23.1 Å². The van der Waals surface area contributed by atoms with Gasteiger partial charge in [-0.2, -0.15) is 5.10 Å². The molecule has 0 spiro atoms. The fourth-order valence-corrected chi connectivity index (χ4v) is 1.82. The van der Waals surface area contributed by atoms with E-state index in [0.29, 0.717) is 34.9 Å². The quantitative estimate of drug-likeness (QED) is 0.782. The summed E-state index contributed by atoms with van der Waals surface area (Å²) in [6.45, 7) is 0.240. The van der Waals surface area contributed by atoms with E-state index in [4.69, 9.17) is 21.4 Å². The second kappa shape index (κ2) is 6.31. The average molecular weight is 282 g/mol. The van der Waals surface area contributed by atoms with Gasteiger partial charge in [-0.25, -0.2) is 0 Å². The van der Waals surface area contributed by atoms with Crippen LogP contribution in [0.2, 0.25) is 5.02 Å². The van der Waals surface area contributed by atoms with E-state index in [1.807, 2.05) is 0 Å². The Kier molecular flexibility index (Phi) is 4.48. The standard InChI is InChI=1S/C12H12ClN3O3/c13-9-1-2-10(14-5-9)12(19-7-18)3-11-8(6-17)4-15-16-11/h1-2,4-5,7,12,17H,3,6H2,(H,15,16). The summed E-state index contributed by atoms with van der Waals surface area (Å²) in [5.41, 5.74) is 1.94. The third-order valence-corrected chi connectivity index (χ3v) is 2.89. The van der Waals surface area contributed by atoms with E-state index in [-0.39, 0.29) is 6.61 Å². The number of hydrogen-bond donors (Lipinski definition) is 2. The van der Waals surface area contributed by atoms with Gasteiger partial charge in [-0.1, -0.05) is 11.6 Å². The lowest BCUT2D eigenvalue weighted by Gasteiger charge is -2.14. The summed E-state index contributed by atoms with van der Waals surface area (Å²) in [7, 11) is 0. The van der Waals surface area contributed by atoms with Crippen LogP contribution in [-0.4, -0.2) is 26.8 Å². The van der Waals surface area contributed by atoms with Crippen LogP contribution in [0.4, 0.5) is 0 Å². The molecule has 2 rings (SSSR count). The molecule has 0 aliphatic carbocycles. The number of ether oxygens (including phenoxy) is 1. The summed E-state index contributed by atoms with van der Waals surface area (Å²) < 4.78 is 5.03. The van der Waals surface area contributed by atoms with Gasteiger partial charge >= 0.3 is 0 Å². The van der Waals surface area contributed by atoms with Crippen LogP contribution in [-0.2, 0) is 22.6 Å². The van der Waals surface area contributed by atoms with E-state index in [0.717, 1.165) is 0 Å². The molecule has 0 amide bonds. The van der Waals surface area contributed by atoms with Gasteiger partial charge < -0.3 is 9.84 Å². The monoisotopic (exact) mass is 281 g/mol. The molecule has 0 aromatic carbocycles. The van der Waals surface area contributed by atoms with E-state index in [9.17, 15) is 4.79 Å². The van der Waals surface area contributed by atoms with Crippen molar-refractivity contribution < 1.29 is 14.6 Å². The second-order valence-electron chi connectivity index (χ2n) is 3.86. The van der Waals surface area contributed by atoms with E-state index in [1.165, 1.54) is 12.4 Å². The van der Waals surface area contributed by atoms with E-state index < -0.39 is 6.10 Å². The van der Waals surface area contributed by atoms with Crippen LogP contribution < -0.4 is 0 Å². The molecule has 2 aromatic rings. The van der Waals surface area contributed by atoms with Crippen molar-refractivity contribution in [2.45, 2.75) is 19.1 Å².